The zero-order chi connectivity index (χ0) is 13.1. The number of carboxylic acid groups (broad SMARTS) is 1. The van der Waals surface area contributed by atoms with E-state index in [2.05, 4.69) is 15.3 Å². The van der Waals surface area contributed by atoms with Crippen molar-refractivity contribution in [1.29, 1.82) is 0 Å². The van der Waals surface area contributed by atoms with Crippen molar-refractivity contribution >= 4 is 11.8 Å². The quantitative estimate of drug-likeness (QED) is 0.719. The van der Waals surface area contributed by atoms with E-state index in [1.807, 2.05) is 0 Å². The first-order valence-corrected chi connectivity index (χ1v) is 5.74. The van der Waals surface area contributed by atoms with Crippen molar-refractivity contribution in [3.8, 4) is 5.75 Å². The van der Waals surface area contributed by atoms with Crippen molar-refractivity contribution in [3.63, 3.8) is 0 Å². The van der Waals surface area contributed by atoms with Crippen LogP contribution in [0.25, 0.3) is 0 Å². The fourth-order valence-corrected chi connectivity index (χ4v) is 2.28. The lowest BCUT2D eigenvalue weighted by Crippen LogP contribution is -2.31. The van der Waals surface area contributed by atoms with Crippen molar-refractivity contribution in [3.05, 3.63) is 16.7 Å². The van der Waals surface area contributed by atoms with Crippen LogP contribution >= 0.6 is 0 Å². The number of ether oxygens (including phenoxy) is 1. The molecule has 18 heavy (non-hydrogen) atoms. The van der Waals surface area contributed by atoms with Crippen LogP contribution in [-0.4, -0.2) is 34.2 Å². The van der Waals surface area contributed by atoms with Gasteiger partial charge in [-0.1, -0.05) is 6.42 Å². The molecule has 7 heteroatoms. The molecule has 0 spiro atoms. The minimum atomic E-state index is -0.825. The molecule has 1 aromatic rings. The average molecular weight is 253 g/mol. The molecule has 2 unspecified atom stereocenters. The van der Waals surface area contributed by atoms with Crippen LogP contribution < -0.4 is 15.6 Å². The van der Waals surface area contributed by atoms with E-state index in [0.29, 0.717) is 12.2 Å². The maximum absolute atomic E-state index is 11.5. The van der Waals surface area contributed by atoms with E-state index >= 15 is 0 Å². The molecule has 1 aliphatic rings. The molecule has 0 radical (unpaired) electrons. The Kier molecular flexibility index (Phi) is 3.50. The lowest BCUT2D eigenvalue weighted by atomic mass is 10.0. The Bertz CT molecular complexity index is 499. The second-order valence-corrected chi connectivity index (χ2v) is 4.24. The van der Waals surface area contributed by atoms with Gasteiger partial charge in [-0.05, 0) is 12.8 Å². The molecule has 1 aromatic heterocycles. The molecule has 2 rings (SSSR count). The first kappa shape index (κ1) is 12.4. The van der Waals surface area contributed by atoms with E-state index in [0.717, 1.165) is 12.8 Å². The largest absolute Gasteiger partial charge is 0.489 e. The maximum Gasteiger partial charge on any atom is 0.308 e. The van der Waals surface area contributed by atoms with E-state index in [1.54, 1.807) is 0 Å². The highest BCUT2D eigenvalue weighted by Gasteiger charge is 2.33. The van der Waals surface area contributed by atoms with E-state index in [-0.39, 0.29) is 17.4 Å². The van der Waals surface area contributed by atoms with Gasteiger partial charge in [0.15, 0.2) is 5.82 Å². The summed E-state index contributed by atoms with van der Waals surface area (Å²) < 4.78 is 4.97. The lowest BCUT2D eigenvalue weighted by Gasteiger charge is -2.18. The standard InChI is InChI=1S/C11H15N3O4/c1-18-8-9(12-5-13-10(8)15)14-7-4-2-3-6(7)11(16)17/h5-7H,2-4H2,1H3,(H,16,17)(H2,12,13,14,15). The number of hydrogen-bond donors (Lipinski definition) is 3. The first-order chi connectivity index (χ1) is 8.63. The number of carbonyl (C=O) groups is 1. The van der Waals surface area contributed by atoms with Crippen molar-refractivity contribution in [1.82, 2.24) is 9.97 Å². The first-order valence-electron chi connectivity index (χ1n) is 5.74. The molecule has 1 heterocycles. The summed E-state index contributed by atoms with van der Waals surface area (Å²) in [6.45, 7) is 0. The maximum atomic E-state index is 11.5. The summed E-state index contributed by atoms with van der Waals surface area (Å²) in [6.07, 6.45) is 3.49. The highest BCUT2D eigenvalue weighted by molar-refractivity contribution is 5.72. The summed E-state index contributed by atoms with van der Waals surface area (Å²) in [4.78, 5) is 28.9. The molecule has 2 atom stereocenters. The highest BCUT2D eigenvalue weighted by atomic mass is 16.5. The van der Waals surface area contributed by atoms with Gasteiger partial charge in [0, 0.05) is 6.04 Å². The van der Waals surface area contributed by atoms with Gasteiger partial charge >= 0.3 is 5.97 Å². The summed E-state index contributed by atoms with van der Waals surface area (Å²) in [7, 11) is 1.38. The van der Waals surface area contributed by atoms with Crippen molar-refractivity contribution in [2.45, 2.75) is 25.3 Å². The third-order valence-corrected chi connectivity index (χ3v) is 3.17. The van der Waals surface area contributed by atoms with Crippen LogP contribution in [-0.2, 0) is 4.79 Å². The molecule has 0 bridgehead atoms. The van der Waals surface area contributed by atoms with Crippen molar-refractivity contribution < 1.29 is 14.6 Å². The third kappa shape index (κ3) is 2.29. The van der Waals surface area contributed by atoms with Gasteiger partial charge in [0.1, 0.15) is 0 Å². The topological polar surface area (TPSA) is 104 Å². The fourth-order valence-electron chi connectivity index (χ4n) is 2.28. The molecular weight excluding hydrogens is 238 g/mol. The Labute approximate surface area is 103 Å². The highest BCUT2D eigenvalue weighted by Crippen LogP contribution is 2.29. The molecule has 3 N–H and O–H groups in total. The summed E-state index contributed by atoms with van der Waals surface area (Å²) in [5, 5.41) is 12.1. The van der Waals surface area contributed by atoms with E-state index < -0.39 is 11.9 Å². The van der Waals surface area contributed by atoms with Gasteiger partial charge in [-0.15, -0.1) is 0 Å². The second-order valence-electron chi connectivity index (χ2n) is 4.24. The fraction of sp³-hybridized carbons (Fsp3) is 0.545. The Balaban J connectivity index is 2.21. The van der Waals surface area contributed by atoms with Gasteiger partial charge in [0.25, 0.3) is 5.56 Å². The van der Waals surface area contributed by atoms with Gasteiger partial charge in [-0.3, -0.25) is 9.59 Å². The molecule has 0 saturated heterocycles. The zero-order valence-electron chi connectivity index (χ0n) is 9.97. The van der Waals surface area contributed by atoms with E-state index in [4.69, 9.17) is 9.84 Å². The Morgan fingerprint density at radius 3 is 3.06 bits per heavy atom. The van der Waals surface area contributed by atoms with Crippen LogP contribution in [0.3, 0.4) is 0 Å². The minimum Gasteiger partial charge on any atom is -0.489 e. The number of nitrogens with zero attached hydrogens (tertiary/aromatic N) is 1. The van der Waals surface area contributed by atoms with Crippen molar-refractivity contribution in [2.75, 3.05) is 12.4 Å². The van der Waals surface area contributed by atoms with E-state index in [9.17, 15) is 9.59 Å². The van der Waals surface area contributed by atoms with Gasteiger partial charge < -0.3 is 20.1 Å². The summed E-state index contributed by atoms with van der Waals surface area (Å²) in [5.74, 6) is -0.905. The van der Waals surface area contributed by atoms with Crippen LogP contribution in [0, 0.1) is 5.92 Å². The number of H-pyrrole nitrogens is 1. The van der Waals surface area contributed by atoms with Crippen molar-refractivity contribution in [2.24, 2.45) is 5.92 Å². The second kappa shape index (κ2) is 5.07. The van der Waals surface area contributed by atoms with E-state index in [1.165, 1.54) is 13.4 Å². The summed E-state index contributed by atoms with van der Waals surface area (Å²) in [5.41, 5.74) is -0.389. The SMILES string of the molecule is COc1c(NC2CCCC2C(=O)O)nc[nH]c1=O. The molecule has 1 aliphatic carbocycles. The summed E-state index contributed by atoms with van der Waals surface area (Å²) in [6, 6.07) is -0.217. The van der Waals surface area contributed by atoms with Gasteiger partial charge in [0.2, 0.25) is 5.75 Å². The predicted octanol–water partition coefficient (Wildman–Crippen LogP) is 0.444. The number of hydrogen-bond acceptors (Lipinski definition) is 5. The van der Waals surface area contributed by atoms with Crippen LogP contribution in [0.4, 0.5) is 5.82 Å². The monoisotopic (exact) mass is 253 g/mol. The number of carboxylic acids is 1. The average Bonchev–Trinajstić information content (AvgIpc) is 2.77. The third-order valence-electron chi connectivity index (χ3n) is 3.17. The number of aliphatic carboxylic acids is 1. The van der Waals surface area contributed by atoms with Crippen LogP contribution in [0.15, 0.2) is 11.1 Å². The molecule has 0 aromatic carbocycles. The molecule has 0 amide bonds. The number of methoxy groups -OCH3 is 1. The predicted molar refractivity (Wildman–Crippen MR) is 63.8 cm³/mol. The zero-order valence-corrected chi connectivity index (χ0v) is 9.97. The van der Waals surface area contributed by atoms with Gasteiger partial charge in [-0.25, -0.2) is 4.98 Å². The number of anilines is 1. The molecule has 1 saturated carbocycles. The molecule has 1 fully saturated rings. The van der Waals surface area contributed by atoms with Gasteiger partial charge in [0.05, 0.1) is 19.4 Å². The normalized spacial score (nSPS) is 22.7. The Morgan fingerprint density at radius 1 is 1.61 bits per heavy atom. The molecular formula is C11H15N3O4. The van der Waals surface area contributed by atoms with Crippen LogP contribution in [0.2, 0.25) is 0 Å². The molecule has 7 nitrogen and oxygen atoms in total. The van der Waals surface area contributed by atoms with Crippen LogP contribution in [0.1, 0.15) is 19.3 Å². The Morgan fingerprint density at radius 2 is 2.39 bits per heavy atom. The van der Waals surface area contributed by atoms with Gasteiger partial charge in [-0.2, -0.15) is 0 Å². The number of nitrogens with one attached hydrogen (secondary N) is 2. The number of aromatic nitrogens is 2. The smallest absolute Gasteiger partial charge is 0.308 e. The molecule has 98 valence electrons. The summed E-state index contributed by atoms with van der Waals surface area (Å²) >= 11 is 0. The number of aromatic amines is 1. The molecule has 0 aliphatic heterocycles. The number of rotatable bonds is 4. The Hall–Kier alpha value is -2.05. The van der Waals surface area contributed by atoms with Crippen LogP contribution in [0.5, 0.6) is 5.75 Å². The minimum absolute atomic E-state index is 0.0774. The lowest BCUT2D eigenvalue weighted by molar-refractivity contribution is -0.141.